The van der Waals surface area contributed by atoms with Crippen LogP contribution in [0.25, 0.3) is 11.5 Å². The molecule has 0 saturated carbocycles. The number of hydrogen-bond donors (Lipinski definition) is 1. The molecular weight excluding hydrogens is 334 g/mol. The van der Waals surface area contributed by atoms with Gasteiger partial charge in [-0.05, 0) is 43.3 Å². The van der Waals surface area contributed by atoms with Gasteiger partial charge in [0.15, 0.2) is 5.82 Å². The molecule has 0 spiro atoms. The quantitative estimate of drug-likeness (QED) is 0.733. The van der Waals surface area contributed by atoms with Crippen LogP contribution in [0.15, 0.2) is 47.0 Å². The molecule has 0 atom stereocenters. The van der Waals surface area contributed by atoms with E-state index in [4.69, 9.17) is 14.0 Å². The molecule has 0 saturated heterocycles. The Balaban J connectivity index is 1.67. The smallest absolute Gasteiger partial charge is 0.257 e. The molecule has 0 bridgehead atoms. The Labute approximate surface area is 150 Å². The predicted molar refractivity (Wildman–Crippen MR) is 95.2 cm³/mol. The SMILES string of the molecule is COc1ccc(CNC(=O)c2ccc(-c3nc(C)no3)cc2)c(OC)c1. The lowest BCUT2D eigenvalue weighted by molar-refractivity contribution is 0.0950. The number of aryl methyl sites for hydroxylation is 1. The highest BCUT2D eigenvalue weighted by Crippen LogP contribution is 2.24. The van der Waals surface area contributed by atoms with Crippen molar-refractivity contribution in [1.29, 1.82) is 0 Å². The lowest BCUT2D eigenvalue weighted by Gasteiger charge is -2.11. The molecular formula is C19H19N3O4. The molecule has 1 amide bonds. The summed E-state index contributed by atoms with van der Waals surface area (Å²) in [4.78, 5) is 16.5. The highest BCUT2D eigenvalue weighted by Gasteiger charge is 2.11. The first-order valence-corrected chi connectivity index (χ1v) is 8.00. The Hall–Kier alpha value is -3.35. The first kappa shape index (κ1) is 17.5. The average Bonchev–Trinajstić information content (AvgIpc) is 3.12. The van der Waals surface area contributed by atoms with Gasteiger partial charge in [-0.1, -0.05) is 5.16 Å². The van der Waals surface area contributed by atoms with Crippen LogP contribution < -0.4 is 14.8 Å². The van der Waals surface area contributed by atoms with Crippen molar-refractivity contribution in [3.8, 4) is 23.0 Å². The molecule has 1 heterocycles. The Kier molecular flexibility index (Phi) is 5.17. The highest BCUT2D eigenvalue weighted by atomic mass is 16.5. The summed E-state index contributed by atoms with van der Waals surface area (Å²) < 4.78 is 15.6. The van der Waals surface area contributed by atoms with Crippen molar-refractivity contribution in [2.24, 2.45) is 0 Å². The number of carbonyl (C=O) groups excluding carboxylic acids is 1. The number of aromatic nitrogens is 2. The normalized spacial score (nSPS) is 10.4. The number of carbonyl (C=O) groups is 1. The first-order valence-electron chi connectivity index (χ1n) is 8.00. The number of amides is 1. The van der Waals surface area contributed by atoms with E-state index in [0.29, 0.717) is 35.3 Å². The topological polar surface area (TPSA) is 86.5 Å². The van der Waals surface area contributed by atoms with Gasteiger partial charge in [0.05, 0.1) is 14.2 Å². The van der Waals surface area contributed by atoms with E-state index in [9.17, 15) is 4.79 Å². The number of nitrogens with one attached hydrogen (secondary N) is 1. The highest BCUT2D eigenvalue weighted by molar-refractivity contribution is 5.94. The summed E-state index contributed by atoms with van der Waals surface area (Å²) in [7, 11) is 3.17. The Morgan fingerprint density at radius 3 is 2.50 bits per heavy atom. The molecule has 3 rings (SSSR count). The minimum Gasteiger partial charge on any atom is -0.497 e. The molecule has 3 aromatic rings. The third kappa shape index (κ3) is 3.83. The van der Waals surface area contributed by atoms with Gasteiger partial charge in [-0.25, -0.2) is 0 Å². The molecule has 2 aromatic carbocycles. The number of hydrogen-bond acceptors (Lipinski definition) is 6. The fraction of sp³-hybridized carbons (Fsp3) is 0.211. The molecule has 1 aromatic heterocycles. The van der Waals surface area contributed by atoms with Crippen LogP contribution in [0.1, 0.15) is 21.7 Å². The van der Waals surface area contributed by atoms with Crippen LogP contribution in [0.3, 0.4) is 0 Å². The van der Waals surface area contributed by atoms with Crippen LogP contribution in [0, 0.1) is 6.92 Å². The monoisotopic (exact) mass is 353 g/mol. The van der Waals surface area contributed by atoms with Crippen molar-refractivity contribution in [2.75, 3.05) is 14.2 Å². The minimum absolute atomic E-state index is 0.184. The largest absolute Gasteiger partial charge is 0.497 e. The summed E-state index contributed by atoms with van der Waals surface area (Å²) in [6.45, 7) is 2.10. The third-order valence-corrected chi connectivity index (χ3v) is 3.86. The molecule has 0 aliphatic rings. The fourth-order valence-corrected chi connectivity index (χ4v) is 2.45. The minimum atomic E-state index is -0.184. The second-order valence-corrected chi connectivity index (χ2v) is 5.58. The predicted octanol–water partition coefficient (Wildman–Crippen LogP) is 2.99. The standard InChI is InChI=1S/C19H19N3O4/c1-12-21-19(26-22-12)14-6-4-13(5-7-14)18(23)20-11-15-8-9-16(24-2)10-17(15)25-3/h4-10H,11H2,1-3H3,(H,20,23). The van der Waals surface area contributed by atoms with Gasteiger partial charge in [-0.2, -0.15) is 4.98 Å². The Morgan fingerprint density at radius 2 is 1.88 bits per heavy atom. The van der Waals surface area contributed by atoms with Crippen molar-refractivity contribution >= 4 is 5.91 Å². The lowest BCUT2D eigenvalue weighted by Crippen LogP contribution is -2.23. The number of rotatable bonds is 6. The second kappa shape index (κ2) is 7.69. The maximum atomic E-state index is 12.4. The van der Waals surface area contributed by atoms with Gasteiger partial charge in [-0.3, -0.25) is 4.79 Å². The molecule has 134 valence electrons. The zero-order valence-electron chi connectivity index (χ0n) is 14.8. The zero-order valence-corrected chi connectivity index (χ0v) is 14.8. The van der Waals surface area contributed by atoms with E-state index in [1.54, 1.807) is 51.5 Å². The third-order valence-electron chi connectivity index (χ3n) is 3.86. The molecule has 1 N–H and O–H groups in total. The number of methoxy groups -OCH3 is 2. The maximum Gasteiger partial charge on any atom is 0.257 e. The van der Waals surface area contributed by atoms with Crippen LogP contribution in [0.2, 0.25) is 0 Å². The molecule has 7 nitrogen and oxygen atoms in total. The lowest BCUT2D eigenvalue weighted by atomic mass is 10.1. The Bertz CT molecular complexity index is 903. The maximum absolute atomic E-state index is 12.4. The van der Waals surface area contributed by atoms with Gasteiger partial charge in [0.2, 0.25) is 0 Å². The van der Waals surface area contributed by atoms with E-state index in [2.05, 4.69) is 15.5 Å². The van der Waals surface area contributed by atoms with Gasteiger partial charge in [0.1, 0.15) is 11.5 Å². The van der Waals surface area contributed by atoms with Gasteiger partial charge in [0.25, 0.3) is 11.8 Å². The van der Waals surface area contributed by atoms with Gasteiger partial charge in [0, 0.05) is 29.3 Å². The number of nitrogens with zero attached hydrogens (tertiary/aromatic N) is 2. The van der Waals surface area contributed by atoms with Gasteiger partial charge in [-0.15, -0.1) is 0 Å². The Morgan fingerprint density at radius 1 is 1.12 bits per heavy atom. The van der Waals surface area contributed by atoms with Gasteiger partial charge >= 0.3 is 0 Å². The molecule has 0 fully saturated rings. The van der Waals surface area contributed by atoms with Crippen LogP contribution in [0.4, 0.5) is 0 Å². The van der Waals surface area contributed by atoms with Gasteiger partial charge < -0.3 is 19.3 Å². The number of ether oxygens (including phenoxy) is 2. The number of benzene rings is 2. The van der Waals surface area contributed by atoms with E-state index in [0.717, 1.165) is 11.1 Å². The van der Waals surface area contributed by atoms with Crippen molar-refractivity contribution in [1.82, 2.24) is 15.5 Å². The van der Waals surface area contributed by atoms with Crippen molar-refractivity contribution in [3.05, 3.63) is 59.4 Å². The molecule has 0 aliphatic heterocycles. The summed E-state index contributed by atoms with van der Waals surface area (Å²) in [5.74, 6) is 2.17. The second-order valence-electron chi connectivity index (χ2n) is 5.58. The molecule has 0 unspecified atom stereocenters. The van der Waals surface area contributed by atoms with Crippen LogP contribution in [-0.2, 0) is 6.54 Å². The summed E-state index contributed by atoms with van der Waals surface area (Å²) in [6, 6.07) is 12.4. The molecule has 26 heavy (non-hydrogen) atoms. The summed E-state index contributed by atoms with van der Waals surface area (Å²) in [5.41, 5.74) is 2.16. The van der Waals surface area contributed by atoms with Crippen molar-refractivity contribution < 1.29 is 18.8 Å². The van der Waals surface area contributed by atoms with Crippen LogP contribution in [0.5, 0.6) is 11.5 Å². The fourth-order valence-electron chi connectivity index (χ4n) is 2.45. The van der Waals surface area contributed by atoms with Crippen LogP contribution in [-0.4, -0.2) is 30.3 Å². The summed E-state index contributed by atoms with van der Waals surface area (Å²) >= 11 is 0. The average molecular weight is 353 g/mol. The first-order chi connectivity index (χ1) is 12.6. The summed E-state index contributed by atoms with van der Waals surface area (Å²) in [5, 5.41) is 6.64. The van der Waals surface area contributed by atoms with E-state index >= 15 is 0 Å². The van der Waals surface area contributed by atoms with E-state index in [-0.39, 0.29) is 5.91 Å². The van der Waals surface area contributed by atoms with Crippen molar-refractivity contribution in [2.45, 2.75) is 13.5 Å². The molecule has 0 radical (unpaired) electrons. The van der Waals surface area contributed by atoms with E-state index in [1.807, 2.05) is 12.1 Å². The molecule has 0 aliphatic carbocycles. The van der Waals surface area contributed by atoms with Crippen LogP contribution >= 0.6 is 0 Å². The summed E-state index contributed by atoms with van der Waals surface area (Å²) in [6.07, 6.45) is 0. The van der Waals surface area contributed by atoms with E-state index in [1.165, 1.54) is 0 Å². The van der Waals surface area contributed by atoms with E-state index < -0.39 is 0 Å². The zero-order chi connectivity index (χ0) is 18.5. The van der Waals surface area contributed by atoms with Crippen molar-refractivity contribution in [3.63, 3.8) is 0 Å². The molecule has 7 heteroatoms.